The van der Waals surface area contributed by atoms with Gasteiger partial charge in [0, 0.05) is 42.5 Å². The Morgan fingerprint density at radius 1 is 1.04 bits per heavy atom. The molecule has 0 aromatic heterocycles. The van der Waals surface area contributed by atoms with E-state index in [-0.39, 0.29) is 41.7 Å². The molecule has 4 aliphatic carbocycles. The highest BCUT2D eigenvalue weighted by atomic mass is 16.7. The minimum absolute atomic E-state index is 0.0281. The zero-order chi connectivity index (χ0) is 32.3. The Bertz CT molecular complexity index is 1190. The van der Waals surface area contributed by atoms with Crippen LogP contribution in [0.25, 0.3) is 0 Å². The molecule has 0 radical (unpaired) electrons. The molecule has 0 aromatic carbocycles. The number of nitrogens with zero attached hydrogens (tertiary/aromatic N) is 2. The molecular formula is C36H56N2O8. The predicted molar refractivity (Wildman–Crippen MR) is 171 cm³/mol. The van der Waals surface area contributed by atoms with Crippen LogP contribution in [0.3, 0.4) is 0 Å². The number of ether oxygens (including phenoxy) is 3. The molecule has 0 aromatic rings. The van der Waals surface area contributed by atoms with Gasteiger partial charge in [-0.15, -0.1) is 0 Å². The van der Waals surface area contributed by atoms with E-state index in [1.54, 1.807) is 13.0 Å². The summed E-state index contributed by atoms with van der Waals surface area (Å²) in [5, 5.41) is 46.0. The topological polar surface area (TPSA) is 141 Å². The number of hydrogen-bond acceptors (Lipinski definition) is 10. The molecule has 3 heterocycles. The Balaban J connectivity index is 1.14. The van der Waals surface area contributed by atoms with E-state index < -0.39 is 41.2 Å². The lowest BCUT2D eigenvalue weighted by molar-refractivity contribution is -0.282. The van der Waals surface area contributed by atoms with Crippen molar-refractivity contribution in [1.82, 2.24) is 4.90 Å². The van der Waals surface area contributed by atoms with E-state index in [4.69, 9.17) is 19.2 Å². The van der Waals surface area contributed by atoms with E-state index in [1.807, 2.05) is 0 Å². The van der Waals surface area contributed by atoms with Crippen molar-refractivity contribution in [1.29, 1.82) is 0 Å². The van der Waals surface area contributed by atoms with Crippen molar-refractivity contribution < 1.29 is 39.4 Å². The highest BCUT2D eigenvalue weighted by molar-refractivity contribution is 5.85. The Kier molecular flexibility index (Phi) is 8.99. The molecule has 3 aliphatic heterocycles. The van der Waals surface area contributed by atoms with Crippen LogP contribution in [0.1, 0.15) is 97.3 Å². The largest absolute Gasteiger partial charge is 0.458 e. The number of aliphatic imine (C=N–C) groups is 1. The first-order valence-corrected chi connectivity index (χ1v) is 18.2. The molecule has 46 heavy (non-hydrogen) atoms. The third-order valence-corrected chi connectivity index (χ3v) is 14.0. The average Bonchev–Trinajstić information content (AvgIpc) is 3.58. The second kappa shape index (κ2) is 12.5. The van der Waals surface area contributed by atoms with Gasteiger partial charge >= 0.3 is 5.97 Å². The summed E-state index contributed by atoms with van der Waals surface area (Å²) in [6, 6.07) is 0. The summed E-state index contributed by atoms with van der Waals surface area (Å²) in [6.45, 7) is 8.19. The summed E-state index contributed by atoms with van der Waals surface area (Å²) in [5.41, 5.74) is -1.83. The Hall–Kier alpha value is -1.40. The van der Waals surface area contributed by atoms with Gasteiger partial charge in [-0.05, 0) is 108 Å². The van der Waals surface area contributed by atoms with Crippen LogP contribution in [0.5, 0.6) is 0 Å². The average molecular weight is 645 g/mol. The molecule has 0 spiro atoms. The van der Waals surface area contributed by atoms with E-state index >= 15 is 0 Å². The fourth-order valence-corrected chi connectivity index (χ4v) is 11.4. The highest BCUT2D eigenvalue weighted by Crippen LogP contribution is 2.70. The number of carbonyl (C=O) groups excluding carboxylic acids is 1. The van der Waals surface area contributed by atoms with Crippen LogP contribution in [-0.2, 0) is 19.0 Å². The third-order valence-electron chi connectivity index (χ3n) is 14.0. The predicted octanol–water partition coefficient (Wildman–Crippen LogP) is 3.14. The molecule has 4 N–H and O–H groups in total. The minimum atomic E-state index is -1.04. The second-order valence-corrected chi connectivity index (χ2v) is 16.1. The number of fused-ring (bicyclic) bond motifs is 5. The normalized spacial score (nSPS) is 49.7. The summed E-state index contributed by atoms with van der Waals surface area (Å²) in [4.78, 5) is 19.6. The van der Waals surface area contributed by atoms with Crippen LogP contribution in [0, 0.1) is 28.6 Å². The van der Waals surface area contributed by atoms with Gasteiger partial charge in [-0.25, -0.2) is 4.79 Å². The van der Waals surface area contributed by atoms with Crippen molar-refractivity contribution >= 4 is 12.2 Å². The molecule has 6 fully saturated rings. The fourth-order valence-electron chi connectivity index (χ4n) is 11.4. The maximum atomic E-state index is 12.8. The van der Waals surface area contributed by atoms with Gasteiger partial charge in [-0.1, -0.05) is 13.3 Å². The molecule has 12 atom stereocenters. The van der Waals surface area contributed by atoms with Gasteiger partial charge in [0.2, 0.25) is 0 Å². The van der Waals surface area contributed by atoms with Gasteiger partial charge in [-0.2, -0.15) is 0 Å². The summed E-state index contributed by atoms with van der Waals surface area (Å²) in [5.74, 6) is -0.0415. The lowest BCUT2D eigenvalue weighted by atomic mass is 9.41. The van der Waals surface area contributed by atoms with Crippen LogP contribution >= 0.6 is 0 Å². The molecule has 0 unspecified atom stereocenters. The first-order valence-electron chi connectivity index (χ1n) is 18.2. The Morgan fingerprint density at radius 2 is 1.83 bits per heavy atom. The number of likely N-dealkylation sites (tertiary alicyclic amines) is 1. The minimum Gasteiger partial charge on any atom is -0.458 e. The summed E-state index contributed by atoms with van der Waals surface area (Å²) >= 11 is 0. The summed E-state index contributed by atoms with van der Waals surface area (Å²) in [6.07, 6.45) is 11.0. The van der Waals surface area contributed by atoms with Gasteiger partial charge in [0.05, 0.1) is 36.1 Å². The van der Waals surface area contributed by atoms with Crippen molar-refractivity contribution in [2.24, 2.45) is 33.6 Å². The van der Waals surface area contributed by atoms with Crippen LogP contribution < -0.4 is 0 Å². The number of aliphatic hydroxyl groups is 4. The fraction of sp³-hybridized carbons (Fsp3) is 0.889. The number of esters is 1. The molecule has 10 heteroatoms. The summed E-state index contributed by atoms with van der Waals surface area (Å²) < 4.78 is 17.6. The lowest BCUT2D eigenvalue weighted by Crippen LogP contribution is -2.69. The summed E-state index contributed by atoms with van der Waals surface area (Å²) in [7, 11) is 0. The van der Waals surface area contributed by atoms with Crippen molar-refractivity contribution in [3.63, 3.8) is 0 Å². The number of cyclic esters (lactones) is 1. The Morgan fingerprint density at radius 3 is 2.57 bits per heavy atom. The number of carbonyl (C=O) groups is 1. The van der Waals surface area contributed by atoms with Crippen LogP contribution in [-0.4, -0.2) is 112 Å². The van der Waals surface area contributed by atoms with Crippen molar-refractivity contribution in [3.05, 3.63) is 11.6 Å². The van der Waals surface area contributed by atoms with Crippen LogP contribution in [0.15, 0.2) is 16.6 Å². The molecule has 7 aliphatic rings. The maximum absolute atomic E-state index is 12.8. The highest BCUT2D eigenvalue weighted by Gasteiger charge is 2.71. The molecule has 2 saturated heterocycles. The quantitative estimate of drug-likeness (QED) is 0.187. The van der Waals surface area contributed by atoms with E-state index in [9.17, 15) is 25.2 Å². The number of hydrogen-bond donors (Lipinski definition) is 4. The first-order chi connectivity index (χ1) is 22.0. The van der Waals surface area contributed by atoms with Gasteiger partial charge in [-0.3, -0.25) is 4.99 Å². The van der Waals surface area contributed by atoms with Crippen molar-refractivity contribution in [3.8, 4) is 0 Å². The van der Waals surface area contributed by atoms with E-state index in [1.165, 1.54) is 19.3 Å². The lowest BCUT2D eigenvalue weighted by Gasteiger charge is -2.66. The van der Waals surface area contributed by atoms with Crippen LogP contribution in [0.2, 0.25) is 0 Å². The number of piperidine rings is 1. The monoisotopic (exact) mass is 644 g/mol. The van der Waals surface area contributed by atoms with Crippen LogP contribution in [0.4, 0.5) is 0 Å². The third kappa shape index (κ3) is 5.42. The zero-order valence-electron chi connectivity index (χ0n) is 27.8. The second-order valence-electron chi connectivity index (χ2n) is 16.1. The van der Waals surface area contributed by atoms with Gasteiger partial charge in [0.1, 0.15) is 12.7 Å². The Labute approximate surface area is 273 Å². The molecule has 0 amide bonds. The number of aliphatic hydroxyl groups excluding tert-OH is 2. The van der Waals surface area contributed by atoms with Gasteiger partial charge in [0.25, 0.3) is 0 Å². The number of rotatable bonds is 7. The van der Waals surface area contributed by atoms with E-state index in [0.29, 0.717) is 38.8 Å². The molecule has 10 nitrogen and oxygen atoms in total. The van der Waals surface area contributed by atoms with E-state index in [0.717, 1.165) is 57.3 Å². The smallest absolute Gasteiger partial charge is 0.331 e. The zero-order valence-corrected chi connectivity index (χ0v) is 27.8. The molecule has 258 valence electrons. The van der Waals surface area contributed by atoms with E-state index in [2.05, 4.69) is 18.0 Å². The SMILES string of the molecule is C[C@H]1O[C@@H](O[C@H]2CC[C@]3(C=NCCN4CCCCC4)[C@@H]4CC[C@]5(C)[C@H](C6=CC(=O)OC6)CC[C@]5(O)[C@H]4CC[C@@]3(O)C2)C[C@@H](O)[C@@H]1O. The van der Waals surface area contributed by atoms with Crippen molar-refractivity contribution in [2.45, 2.75) is 139 Å². The molecule has 7 rings (SSSR count). The van der Waals surface area contributed by atoms with Gasteiger partial charge < -0.3 is 39.5 Å². The standard InChI is InChI=1S/C36H56N2O8/c1-23-32(41)29(39)19-31(45-23)46-25-6-11-34(22-37-14-17-38-15-4-3-5-16-38)27-7-10-33(2)26(24-18-30(40)44-21-24)9-13-36(33,43)28(27)8-12-35(34,42)20-25/h18,22-23,25-29,31-32,39,41-43H,3-17,19-21H2,1-2H3/t23-,25+,26+,27-,28+,29-,31+,32-,33-,34+,35-,36+/m1/s1. The van der Waals surface area contributed by atoms with Gasteiger partial charge in [0.15, 0.2) is 6.29 Å². The first kappa shape index (κ1) is 33.1. The molecule has 0 bridgehead atoms. The molecule has 4 saturated carbocycles. The maximum Gasteiger partial charge on any atom is 0.331 e. The van der Waals surface area contributed by atoms with Crippen molar-refractivity contribution in [2.75, 3.05) is 32.8 Å². The molecular weight excluding hydrogens is 588 g/mol.